The molecule has 1 aliphatic carbocycles. The van der Waals surface area contributed by atoms with Gasteiger partial charge in [-0.1, -0.05) is 48.5 Å². The number of carbonyl (C=O) groups excluding carboxylic acids is 2. The van der Waals surface area contributed by atoms with E-state index >= 15 is 0 Å². The van der Waals surface area contributed by atoms with Crippen LogP contribution in [0.4, 0.5) is 4.79 Å². The van der Waals surface area contributed by atoms with E-state index in [1.165, 1.54) is 18.2 Å². The molecule has 3 rings (SSSR count). The highest BCUT2D eigenvalue weighted by atomic mass is 16.5. The molecule has 2 aromatic carbocycles. The maximum Gasteiger partial charge on any atom is 0.407 e. The van der Waals surface area contributed by atoms with Crippen LogP contribution in [0.3, 0.4) is 0 Å². The third-order valence-corrected chi connectivity index (χ3v) is 5.69. The minimum Gasteiger partial charge on any atom is -0.480 e. The third-order valence-electron chi connectivity index (χ3n) is 5.69. The molecule has 0 bridgehead atoms. The number of carboxylic acid groups (broad SMARTS) is 1. The standard InChI is InChI=1S/C25H30N2O6/c1-32-15-13-22(24(29)30)27-23(28)12-6-7-14-26-25(31)33-16-21-19-10-4-2-8-17(19)18-9-3-5-11-20(18)21/h2-5,8-11,21-22H,6-7,12-16H2,1H3,(H,26,31)(H,27,28)(H,29,30). The van der Waals surface area contributed by atoms with Gasteiger partial charge >= 0.3 is 12.1 Å². The molecule has 33 heavy (non-hydrogen) atoms. The van der Waals surface area contributed by atoms with Gasteiger partial charge in [-0.05, 0) is 35.1 Å². The van der Waals surface area contributed by atoms with Crippen molar-refractivity contribution >= 4 is 18.0 Å². The van der Waals surface area contributed by atoms with E-state index in [9.17, 15) is 14.4 Å². The molecule has 0 fully saturated rings. The normalized spacial score (nSPS) is 13.0. The molecule has 0 saturated carbocycles. The van der Waals surface area contributed by atoms with E-state index in [0.29, 0.717) is 19.4 Å². The molecular formula is C25H30N2O6. The first-order valence-corrected chi connectivity index (χ1v) is 11.1. The number of rotatable bonds is 12. The second-order valence-electron chi connectivity index (χ2n) is 7.95. The number of fused-ring (bicyclic) bond motifs is 3. The molecule has 0 aromatic heterocycles. The molecule has 3 N–H and O–H groups in total. The summed E-state index contributed by atoms with van der Waals surface area (Å²) in [6.45, 7) is 0.873. The number of carbonyl (C=O) groups is 3. The average Bonchev–Trinajstić information content (AvgIpc) is 3.13. The van der Waals surface area contributed by atoms with Gasteiger partial charge in [0.05, 0.1) is 0 Å². The van der Waals surface area contributed by atoms with Crippen molar-refractivity contribution in [1.82, 2.24) is 10.6 Å². The minimum atomic E-state index is -1.09. The summed E-state index contributed by atoms with van der Waals surface area (Å²) in [6, 6.07) is 15.3. The first kappa shape index (κ1) is 24.3. The molecule has 1 atom stereocenters. The Kier molecular flexibility index (Phi) is 8.83. The molecule has 0 saturated heterocycles. The number of benzene rings is 2. The van der Waals surface area contributed by atoms with Crippen LogP contribution < -0.4 is 10.6 Å². The Labute approximate surface area is 193 Å². The summed E-state index contributed by atoms with van der Waals surface area (Å²) in [6.07, 6.45) is 0.996. The van der Waals surface area contributed by atoms with E-state index in [-0.39, 0.29) is 37.9 Å². The van der Waals surface area contributed by atoms with Gasteiger partial charge in [-0.3, -0.25) is 4.79 Å². The van der Waals surface area contributed by atoms with Gasteiger partial charge < -0.3 is 25.2 Å². The number of amides is 2. The lowest BCUT2D eigenvalue weighted by atomic mass is 9.98. The maximum atomic E-state index is 12.2. The minimum absolute atomic E-state index is 0.00661. The summed E-state index contributed by atoms with van der Waals surface area (Å²) >= 11 is 0. The number of carboxylic acids is 1. The molecule has 2 amide bonds. The van der Waals surface area contributed by atoms with Gasteiger partial charge in [0.2, 0.25) is 5.91 Å². The molecule has 1 aliphatic rings. The zero-order valence-electron chi connectivity index (χ0n) is 18.7. The van der Waals surface area contributed by atoms with E-state index in [1.807, 2.05) is 24.3 Å². The van der Waals surface area contributed by atoms with Crippen molar-refractivity contribution in [1.29, 1.82) is 0 Å². The van der Waals surface area contributed by atoms with Crippen LogP contribution in [0.15, 0.2) is 48.5 Å². The highest BCUT2D eigenvalue weighted by Gasteiger charge is 2.29. The Hall–Kier alpha value is -3.39. The van der Waals surface area contributed by atoms with Gasteiger partial charge in [-0.15, -0.1) is 0 Å². The predicted molar refractivity (Wildman–Crippen MR) is 123 cm³/mol. The first-order valence-electron chi connectivity index (χ1n) is 11.1. The van der Waals surface area contributed by atoms with Gasteiger partial charge in [0, 0.05) is 39.0 Å². The number of alkyl carbamates (subject to hydrolysis) is 1. The van der Waals surface area contributed by atoms with Crippen LogP contribution in [-0.2, 0) is 19.1 Å². The van der Waals surface area contributed by atoms with Gasteiger partial charge in [0.1, 0.15) is 12.6 Å². The summed E-state index contributed by atoms with van der Waals surface area (Å²) in [4.78, 5) is 35.2. The average molecular weight is 455 g/mol. The molecule has 176 valence electrons. The monoisotopic (exact) mass is 454 g/mol. The molecule has 8 nitrogen and oxygen atoms in total. The Morgan fingerprint density at radius 3 is 2.24 bits per heavy atom. The maximum absolute atomic E-state index is 12.2. The van der Waals surface area contributed by atoms with Gasteiger partial charge in [0.25, 0.3) is 0 Å². The molecule has 8 heteroatoms. The van der Waals surface area contributed by atoms with E-state index in [0.717, 1.165) is 11.1 Å². The SMILES string of the molecule is COCCC(NC(=O)CCCCNC(=O)OCC1c2ccccc2-c2ccccc21)C(=O)O. The zero-order chi connectivity index (χ0) is 23.6. The van der Waals surface area contributed by atoms with Crippen molar-refractivity contribution in [3.05, 3.63) is 59.7 Å². The molecule has 0 radical (unpaired) electrons. The summed E-state index contributed by atoms with van der Waals surface area (Å²) < 4.78 is 10.3. The summed E-state index contributed by atoms with van der Waals surface area (Å²) in [5.41, 5.74) is 4.66. The zero-order valence-corrected chi connectivity index (χ0v) is 18.7. The number of hydrogen-bond donors (Lipinski definition) is 3. The van der Waals surface area contributed by atoms with Gasteiger partial charge in [0.15, 0.2) is 0 Å². The molecule has 0 heterocycles. The van der Waals surface area contributed by atoms with E-state index in [2.05, 4.69) is 34.9 Å². The lowest BCUT2D eigenvalue weighted by Crippen LogP contribution is -2.41. The largest absolute Gasteiger partial charge is 0.480 e. The van der Waals surface area contributed by atoms with Crippen LogP contribution in [0.5, 0.6) is 0 Å². The van der Waals surface area contributed by atoms with E-state index in [4.69, 9.17) is 14.6 Å². The molecular weight excluding hydrogens is 424 g/mol. The highest BCUT2D eigenvalue weighted by molar-refractivity contribution is 5.83. The smallest absolute Gasteiger partial charge is 0.407 e. The van der Waals surface area contributed by atoms with Crippen LogP contribution in [-0.4, -0.2) is 56.0 Å². The van der Waals surface area contributed by atoms with Crippen LogP contribution in [0.25, 0.3) is 11.1 Å². The van der Waals surface area contributed by atoms with Crippen molar-refractivity contribution in [3.8, 4) is 11.1 Å². The number of aliphatic carboxylic acids is 1. The number of ether oxygens (including phenoxy) is 2. The number of nitrogens with one attached hydrogen (secondary N) is 2. The molecule has 0 spiro atoms. The van der Waals surface area contributed by atoms with Crippen molar-refractivity contribution in [2.24, 2.45) is 0 Å². The second-order valence-corrected chi connectivity index (χ2v) is 7.95. The quantitative estimate of drug-likeness (QED) is 0.424. The Balaban J connectivity index is 1.36. The summed E-state index contributed by atoms with van der Waals surface area (Å²) in [7, 11) is 1.48. The topological polar surface area (TPSA) is 114 Å². The Morgan fingerprint density at radius 2 is 1.64 bits per heavy atom. The highest BCUT2D eigenvalue weighted by Crippen LogP contribution is 2.44. The number of hydrogen-bond acceptors (Lipinski definition) is 5. The third kappa shape index (κ3) is 6.55. The van der Waals surface area contributed by atoms with Gasteiger partial charge in [-0.25, -0.2) is 9.59 Å². The fourth-order valence-corrected chi connectivity index (χ4v) is 4.01. The van der Waals surface area contributed by atoms with Crippen LogP contribution >= 0.6 is 0 Å². The second kappa shape index (κ2) is 12.0. The number of methoxy groups -OCH3 is 1. The van der Waals surface area contributed by atoms with Gasteiger partial charge in [-0.2, -0.15) is 0 Å². The van der Waals surface area contributed by atoms with Crippen LogP contribution in [0.1, 0.15) is 42.7 Å². The van der Waals surface area contributed by atoms with Crippen molar-refractivity contribution in [2.75, 3.05) is 26.9 Å². The van der Waals surface area contributed by atoms with Crippen molar-refractivity contribution in [3.63, 3.8) is 0 Å². The summed E-state index contributed by atoms with van der Waals surface area (Å²) in [5, 5.41) is 14.3. The van der Waals surface area contributed by atoms with E-state index in [1.54, 1.807) is 0 Å². The lowest BCUT2D eigenvalue weighted by Gasteiger charge is -2.15. The van der Waals surface area contributed by atoms with Crippen LogP contribution in [0.2, 0.25) is 0 Å². The molecule has 2 aromatic rings. The number of unbranched alkanes of at least 4 members (excludes halogenated alkanes) is 1. The molecule has 0 aliphatic heterocycles. The fraction of sp³-hybridized carbons (Fsp3) is 0.400. The first-order chi connectivity index (χ1) is 16.0. The summed E-state index contributed by atoms with van der Waals surface area (Å²) in [5.74, 6) is -1.41. The predicted octanol–water partition coefficient (Wildman–Crippen LogP) is 3.30. The van der Waals surface area contributed by atoms with Crippen molar-refractivity contribution in [2.45, 2.75) is 37.6 Å². The lowest BCUT2D eigenvalue weighted by molar-refractivity contribution is -0.142. The van der Waals surface area contributed by atoms with Crippen molar-refractivity contribution < 1.29 is 29.0 Å². The fourth-order valence-electron chi connectivity index (χ4n) is 4.01. The van der Waals surface area contributed by atoms with E-state index < -0.39 is 18.1 Å². The Bertz CT molecular complexity index is 931. The molecule has 1 unspecified atom stereocenters. The van der Waals surface area contributed by atoms with Crippen LogP contribution in [0, 0.1) is 0 Å². The Morgan fingerprint density at radius 1 is 1.00 bits per heavy atom.